The number of benzene rings is 1. The zero-order chi connectivity index (χ0) is 13.5. The van der Waals surface area contributed by atoms with Gasteiger partial charge in [0.05, 0.1) is 11.5 Å². The fraction of sp³-hybridized carbons (Fsp3) is 0.462. The summed E-state index contributed by atoms with van der Waals surface area (Å²) in [6, 6.07) is 7.27. The summed E-state index contributed by atoms with van der Waals surface area (Å²) in [7, 11) is -2.99. The van der Waals surface area contributed by atoms with Crippen LogP contribution < -0.4 is 4.74 Å². The van der Waals surface area contributed by atoms with Gasteiger partial charge in [-0.1, -0.05) is 18.2 Å². The summed E-state index contributed by atoms with van der Waals surface area (Å²) >= 11 is 0. The van der Waals surface area contributed by atoms with Crippen LogP contribution in [-0.2, 0) is 21.2 Å². The van der Waals surface area contributed by atoms with Gasteiger partial charge in [-0.15, -0.1) is 0 Å². The largest absolute Gasteiger partial charge is 0.483 e. The van der Waals surface area contributed by atoms with Crippen molar-refractivity contribution in [3.63, 3.8) is 0 Å². The van der Waals surface area contributed by atoms with Gasteiger partial charge < -0.3 is 9.64 Å². The molecule has 102 valence electrons. The first kappa shape index (κ1) is 12.5. The van der Waals surface area contributed by atoms with Gasteiger partial charge in [0.1, 0.15) is 5.75 Å². The zero-order valence-corrected chi connectivity index (χ0v) is 11.2. The molecular formula is C13H15NO4S. The van der Waals surface area contributed by atoms with E-state index in [1.807, 2.05) is 24.3 Å². The van der Waals surface area contributed by atoms with Crippen molar-refractivity contribution in [1.82, 2.24) is 4.90 Å². The van der Waals surface area contributed by atoms with E-state index in [0.717, 1.165) is 5.56 Å². The highest BCUT2D eigenvalue weighted by Crippen LogP contribution is 2.27. The number of sulfone groups is 1. The molecule has 1 fully saturated rings. The lowest BCUT2D eigenvalue weighted by Crippen LogP contribution is -2.41. The maximum Gasteiger partial charge on any atom is 0.261 e. The Kier molecular flexibility index (Phi) is 2.97. The monoisotopic (exact) mass is 281 g/mol. The fourth-order valence-corrected chi connectivity index (χ4v) is 4.35. The molecule has 5 nitrogen and oxygen atoms in total. The van der Waals surface area contributed by atoms with E-state index in [0.29, 0.717) is 18.7 Å². The first-order valence-corrected chi connectivity index (χ1v) is 8.08. The highest BCUT2D eigenvalue weighted by molar-refractivity contribution is 7.91. The second-order valence-corrected chi connectivity index (χ2v) is 7.20. The Balaban J connectivity index is 1.88. The van der Waals surface area contributed by atoms with Crippen LogP contribution >= 0.6 is 0 Å². The molecule has 19 heavy (non-hydrogen) atoms. The van der Waals surface area contributed by atoms with Gasteiger partial charge in [0.2, 0.25) is 0 Å². The standard InChI is InChI=1S/C13H15NO4S/c15-13-8-18-12-4-2-1-3-10(12)7-14(13)11-5-6-19(16,17)9-11/h1-4,11H,5-9H2. The Morgan fingerprint density at radius 3 is 2.79 bits per heavy atom. The van der Waals surface area contributed by atoms with Crippen LogP contribution in [0.4, 0.5) is 0 Å². The maximum atomic E-state index is 12.1. The molecule has 2 aliphatic heterocycles. The third kappa shape index (κ3) is 2.45. The summed E-state index contributed by atoms with van der Waals surface area (Å²) in [6.45, 7) is 0.406. The van der Waals surface area contributed by atoms with Crippen molar-refractivity contribution in [2.75, 3.05) is 18.1 Å². The van der Waals surface area contributed by atoms with E-state index >= 15 is 0 Å². The van der Waals surface area contributed by atoms with Gasteiger partial charge in [-0.3, -0.25) is 4.79 Å². The minimum atomic E-state index is -2.99. The van der Waals surface area contributed by atoms with Gasteiger partial charge in [-0.25, -0.2) is 8.42 Å². The maximum absolute atomic E-state index is 12.1. The third-order valence-electron chi connectivity index (χ3n) is 3.63. The number of carbonyl (C=O) groups excluding carboxylic acids is 1. The summed E-state index contributed by atoms with van der Waals surface area (Å²) in [5.41, 5.74) is 0.928. The SMILES string of the molecule is O=C1COc2ccccc2CN1C1CCS(=O)(=O)C1. The second kappa shape index (κ2) is 4.52. The van der Waals surface area contributed by atoms with Crippen molar-refractivity contribution < 1.29 is 17.9 Å². The van der Waals surface area contributed by atoms with Crippen molar-refractivity contribution >= 4 is 15.7 Å². The van der Waals surface area contributed by atoms with Gasteiger partial charge in [0, 0.05) is 18.2 Å². The van der Waals surface area contributed by atoms with Crippen LogP contribution in [0.15, 0.2) is 24.3 Å². The van der Waals surface area contributed by atoms with Gasteiger partial charge in [-0.2, -0.15) is 0 Å². The summed E-state index contributed by atoms with van der Waals surface area (Å²) in [4.78, 5) is 13.7. The number of para-hydroxylation sites is 1. The van der Waals surface area contributed by atoms with E-state index < -0.39 is 9.84 Å². The molecule has 6 heteroatoms. The molecular weight excluding hydrogens is 266 g/mol. The molecule has 1 aromatic carbocycles. The van der Waals surface area contributed by atoms with Crippen LogP contribution in [0.5, 0.6) is 5.75 Å². The molecule has 0 aromatic heterocycles. The Bertz CT molecular complexity index is 611. The highest BCUT2D eigenvalue weighted by Gasteiger charge is 2.36. The number of carbonyl (C=O) groups is 1. The minimum absolute atomic E-state index is 0.0203. The molecule has 2 heterocycles. The topological polar surface area (TPSA) is 63.7 Å². The molecule has 0 spiro atoms. The lowest BCUT2D eigenvalue weighted by molar-refractivity contribution is -0.135. The van der Waals surface area contributed by atoms with Crippen LogP contribution in [-0.4, -0.2) is 43.4 Å². The Hall–Kier alpha value is -1.56. The number of nitrogens with zero attached hydrogens (tertiary/aromatic N) is 1. The Labute approximate surface area is 112 Å². The van der Waals surface area contributed by atoms with Crippen LogP contribution in [0, 0.1) is 0 Å². The van der Waals surface area contributed by atoms with Crippen molar-refractivity contribution in [2.24, 2.45) is 0 Å². The van der Waals surface area contributed by atoms with Gasteiger partial charge >= 0.3 is 0 Å². The van der Waals surface area contributed by atoms with Crippen molar-refractivity contribution in [3.8, 4) is 5.75 Å². The summed E-state index contributed by atoms with van der Waals surface area (Å²) in [5.74, 6) is 0.808. The van der Waals surface area contributed by atoms with Gasteiger partial charge in [0.25, 0.3) is 5.91 Å². The van der Waals surface area contributed by atoms with E-state index in [-0.39, 0.29) is 30.1 Å². The minimum Gasteiger partial charge on any atom is -0.483 e. The Morgan fingerprint density at radius 1 is 1.26 bits per heavy atom. The van der Waals surface area contributed by atoms with E-state index in [2.05, 4.69) is 0 Å². The van der Waals surface area contributed by atoms with E-state index in [1.165, 1.54) is 0 Å². The Morgan fingerprint density at radius 2 is 2.05 bits per heavy atom. The molecule has 1 unspecified atom stereocenters. The second-order valence-electron chi connectivity index (χ2n) is 4.97. The average Bonchev–Trinajstić information content (AvgIpc) is 2.64. The highest BCUT2D eigenvalue weighted by atomic mass is 32.2. The van der Waals surface area contributed by atoms with Crippen molar-refractivity contribution in [3.05, 3.63) is 29.8 Å². The molecule has 1 atom stereocenters. The molecule has 0 bridgehead atoms. The molecule has 1 aromatic rings. The first-order chi connectivity index (χ1) is 9.05. The van der Waals surface area contributed by atoms with E-state index in [1.54, 1.807) is 4.90 Å². The quantitative estimate of drug-likeness (QED) is 0.756. The van der Waals surface area contributed by atoms with Crippen LogP contribution in [0.3, 0.4) is 0 Å². The molecule has 0 radical (unpaired) electrons. The predicted molar refractivity (Wildman–Crippen MR) is 69.5 cm³/mol. The molecule has 2 aliphatic rings. The number of fused-ring (bicyclic) bond motifs is 1. The summed E-state index contributed by atoms with van der Waals surface area (Å²) in [5, 5.41) is 0. The lowest BCUT2D eigenvalue weighted by atomic mass is 10.1. The van der Waals surface area contributed by atoms with Crippen LogP contribution in [0.2, 0.25) is 0 Å². The van der Waals surface area contributed by atoms with Crippen LogP contribution in [0.1, 0.15) is 12.0 Å². The smallest absolute Gasteiger partial charge is 0.261 e. The van der Waals surface area contributed by atoms with Crippen molar-refractivity contribution in [1.29, 1.82) is 0 Å². The van der Waals surface area contributed by atoms with Crippen molar-refractivity contribution in [2.45, 2.75) is 19.0 Å². The molecule has 1 amide bonds. The average molecular weight is 281 g/mol. The lowest BCUT2D eigenvalue weighted by Gasteiger charge is -2.26. The number of rotatable bonds is 1. The number of hydrogen-bond donors (Lipinski definition) is 0. The molecule has 0 N–H and O–H groups in total. The van der Waals surface area contributed by atoms with E-state index in [4.69, 9.17) is 4.74 Å². The van der Waals surface area contributed by atoms with E-state index in [9.17, 15) is 13.2 Å². The van der Waals surface area contributed by atoms with Crippen LogP contribution in [0.25, 0.3) is 0 Å². The molecule has 1 saturated heterocycles. The summed E-state index contributed by atoms with van der Waals surface area (Å²) in [6.07, 6.45) is 0.524. The molecule has 0 saturated carbocycles. The van der Waals surface area contributed by atoms with Gasteiger partial charge in [-0.05, 0) is 12.5 Å². The number of hydrogen-bond acceptors (Lipinski definition) is 4. The molecule has 3 rings (SSSR count). The third-order valence-corrected chi connectivity index (χ3v) is 5.38. The fourth-order valence-electron chi connectivity index (χ4n) is 2.62. The molecule has 0 aliphatic carbocycles. The zero-order valence-electron chi connectivity index (χ0n) is 10.4. The number of amides is 1. The van der Waals surface area contributed by atoms with Gasteiger partial charge in [0.15, 0.2) is 16.4 Å². The number of ether oxygens (including phenoxy) is 1. The normalized spacial score (nSPS) is 25.6. The predicted octanol–water partition coefficient (Wildman–Crippen LogP) is 0.595. The summed E-state index contributed by atoms with van der Waals surface area (Å²) < 4.78 is 28.6. The first-order valence-electron chi connectivity index (χ1n) is 6.26.